The number of hydrogen-bond acceptors (Lipinski definition) is 3. The van der Waals surface area contributed by atoms with E-state index < -0.39 is 0 Å². The molecule has 0 atom stereocenters. The maximum absolute atomic E-state index is 6.71. The average Bonchev–Trinajstić information content (AvgIpc) is 3.82. The Morgan fingerprint density at radius 3 is 1.65 bits per heavy atom. The number of aliphatic imine (C=N–C) groups is 2. The summed E-state index contributed by atoms with van der Waals surface area (Å²) in [5.74, 6) is 0. The summed E-state index contributed by atoms with van der Waals surface area (Å²) in [6.45, 7) is 31.2. The molecule has 0 unspecified atom stereocenters. The number of hydrogen-bond donors (Lipinski definition) is 2. The van der Waals surface area contributed by atoms with Crippen LogP contribution in [0.15, 0.2) is 113 Å². The van der Waals surface area contributed by atoms with Crippen molar-refractivity contribution in [3.8, 4) is 0 Å². The van der Waals surface area contributed by atoms with Crippen molar-refractivity contribution < 1.29 is 17.9 Å². The van der Waals surface area contributed by atoms with Gasteiger partial charge < -0.3 is 5.73 Å². The number of nitrogens with one attached hydrogen (secondary N) is 1. The molecule has 0 saturated heterocycles. The Bertz CT molecular complexity index is 2080. The fourth-order valence-electron chi connectivity index (χ4n) is 6.31. The van der Waals surface area contributed by atoms with Crippen LogP contribution in [0.1, 0.15) is 128 Å². The molecule has 2 aliphatic rings. The van der Waals surface area contributed by atoms with E-state index in [1.54, 1.807) is 6.08 Å². The molecule has 0 fully saturated rings. The minimum atomic E-state index is -0.0199. The van der Waals surface area contributed by atoms with Crippen molar-refractivity contribution in [2.45, 2.75) is 105 Å². The van der Waals surface area contributed by atoms with E-state index in [-0.39, 0.29) is 21.7 Å². The van der Waals surface area contributed by atoms with Crippen molar-refractivity contribution in [1.82, 2.24) is 4.98 Å². The average molecular weight is 742 g/mol. The van der Waals surface area contributed by atoms with Gasteiger partial charge in [-0.25, -0.2) is 0 Å². The van der Waals surface area contributed by atoms with Gasteiger partial charge in [0.15, 0.2) is 0 Å². The minimum absolute atomic E-state index is 0.0116. The molecule has 3 N–H and O–H groups in total. The predicted octanol–water partition coefficient (Wildman–Crippen LogP) is 11.2. The van der Waals surface area contributed by atoms with Gasteiger partial charge >= 0.3 is 207 Å². The Morgan fingerprint density at radius 1 is 0.673 bits per heavy atom. The maximum atomic E-state index is 6.71. The number of nitrogens with zero attached hydrogens (tertiary/aromatic N) is 2. The number of nitrogens with two attached hydrogens (primary N) is 1. The van der Waals surface area contributed by atoms with Crippen LogP contribution in [0.25, 0.3) is 17.2 Å². The second kappa shape index (κ2) is 14.3. The first-order chi connectivity index (χ1) is 24.1. The zero-order chi connectivity index (χ0) is 38.4. The topological polar surface area (TPSA) is 66.5 Å². The Morgan fingerprint density at radius 2 is 1.19 bits per heavy atom. The summed E-state index contributed by atoms with van der Waals surface area (Å²) in [4.78, 5) is 13.9. The zero-order valence-electron chi connectivity index (χ0n) is 33.5. The molecular weight excluding hydrogens is 686 g/mol. The fraction of sp³-hybridized carbons (Fsp3) is 0.340. The van der Waals surface area contributed by atoms with Crippen LogP contribution in [0.3, 0.4) is 0 Å². The molecule has 3 heterocycles. The molecular formula is C47H56N4Zn. The molecule has 3 aromatic rings. The van der Waals surface area contributed by atoms with Crippen LogP contribution >= 0.6 is 0 Å². The van der Waals surface area contributed by atoms with Crippen molar-refractivity contribution in [3.63, 3.8) is 0 Å². The van der Waals surface area contributed by atoms with Crippen molar-refractivity contribution in [2.24, 2.45) is 15.7 Å². The third-order valence-corrected chi connectivity index (χ3v) is 10.6. The molecule has 2 aliphatic heterocycles. The van der Waals surface area contributed by atoms with Gasteiger partial charge in [-0.1, -0.05) is 66.3 Å². The van der Waals surface area contributed by atoms with E-state index in [0.29, 0.717) is 5.70 Å². The third kappa shape index (κ3) is 8.70. The number of allylic oxidation sites excluding steroid dienone is 6. The Balaban J connectivity index is 1.60. The van der Waals surface area contributed by atoms with Crippen LogP contribution in [0, 0.1) is 0 Å². The van der Waals surface area contributed by atoms with Gasteiger partial charge in [-0.3, -0.25) is 0 Å². The van der Waals surface area contributed by atoms with Gasteiger partial charge in [0.25, 0.3) is 0 Å². The van der Waals surface area contributed by atoms with Crippen LogP contribution in [-0.4, -0.2) is 21.0 Å². The fourth-order valence-corrected chi connectivity index (χ4v) is 6.79. The van der Waals surface area contributed by atoms with Gasteiger partial charge in [-0.15, -0.1) is 0 Å². The molecule has 0 spiro atoms. The van der Waals surface area contributed by atoms with Crippen LogP contribution in [0.2, 0.25) is 0 Å². The Hall–Kier alpha value is -4.21. The SMILES string of the molecule is C=C/C(N)=C(\c1cc(C(C)(C)C)cc(C(C)(C)C)c1)c1ccc(C=C2C=CC(/C(=C3/C=CC([CH]=[Zn])=N3)c3cc(C(C)(C)C)cc(C(C)(C)C)c3)=N2)[nH]1. The van der Waals surface area contributed by atoms with E-state index in [1.165, 1.54) is 22.3 Å². The van der Waals surface area contributed by atoms with E-state index in [0.717, 1.165) is 74.3 Å². The normalized spacial score (nSPS) is 17.4. The Kier molecular flexibility index (Phi) is 10.7. The number of aromatic nitrogens is 1. The first-order valence-corrected chi connectivity index (χ1v) is 20.1. The van der Waals surface area contributed by atoms with Crippen LogP contribution in [-0.2, 0) is 39.5 Å². The van der Waals surface area contributed by atoms with Crippen molar-refractivity contribution in [1.29, 1.82) is 0 Å². The molecule has 1 aromatic heterocycles. The number of aromatic amines is 1. The summed E-state index contributed by atoms with van der Waals surface area (Å²) in [7, 11) is 0. The summed E-state index contributed by atoms with van der Waals surface area (Å²) in [6.07, 6.45) is 12.3. The van der Waals surface area contributed by atoms with E-state index in [4.69, 9.17) is 15.7 Å². The molecule has 2 aromatic carbocycles. The summed E-state index contributed by atoms with van der Waals surface area (Å²) in [5, 5.41) is 0. The van der Waals surface area contributed by atoms with Gasteiger partial charge in [0, 0.05) is 11.3 Å². The molecule has 0 aliphatic carbocycles. The monoisotopic (exact) mass is 740 g/mol. The summed E-state index contributed by atoms with van der Waals surface area (Å²) in [6, 6.07) is 18.1. The van der Waals surface area contributed by atoms with Crippen molar-refractivity contribution in [2.75, 3.05) is 0 Å². The number of benzene rings is 2. The van der Waals surface area contributed by atoms with Gasteiger partial charge in [0.1, 0.15) is 0 Å². The molecule has 0 bridgehead atoms. The second-order valence-corrected chi connectivity index (χ2v) is 19.1. The summed E-state index contributed by atoms with van der Waals surface area (Å²) >= 11 is 1.06. The summed E-state index contributed by atoms with van der Waals surface area (Å²) < 4.78 is 2.17. The van der Waals surface area contributed by atoms with Gasteiger partial charge in [0.05, 0.1) is 0 Å². The first-order valence-electron chi connectivity index (χ1n) is 18.4. The molecule has 0 amide bonds. The van der Waals surface area contributed by atoms with Gasteiger partial charge in [-0.2, -0.15) is 0 Å². The standard InChI is InChI=1S/C47H56N4.Zn/c1-15-38(48)42(30-22-32(44(3,4)5)26-33(23-30)45(6,7)8)39-20-17-36(50-39)28-37-18-21-41(51-37)43(40-19-16-29(2)49-40)31-24-34(46(9,10)11)27-35(25-31)47(12,13)14;/h2,15-28,50H,1,48H2,3-14H3;/b37-28?,42-38-,43-40-;. The van der Waals surface area contributed by atoms with Crippen LogP contribution in [0.5, 0.6) is 0 Å². The molecule has 0 saturated carbocycles. The Labute approximate surface area is 322 Å². The van der Waals surface area contributed by atoms with Gasteiger partial charge in [-0.05, 0) is 33.6 Å². The third-order valence-electron chi connectivity index (χ3n) is 9.74. The molecule has 5 rings (SSSR count). The molecule has 0 radical (unpaired) electrons. The molecule has 4 nitrogen and oxygen atoms in total. The van der Waals surface area contributed by atoms with Gasteiger partial charge in [0.2, 0.25) is 0 Å². The molecule has 266 valence electrons. The summed E-state index contributed by atoms with van der Waals surface area (Å²) in [5.41, 5.74) is 22.3. The van der Waals surface area contributed by atoms with E-state index in [2.05, 4.69) is 178 Å². The van der Waals surface area contributed by atoms with E-state index in [1.807, 2.05) is 0 Å². The predicted molar refractivity (Wildman–Crippen MR) is 223 cm³/mol. The van der Waals surface area contributed by atoms with Crippen LogP contribution in [0.4, 0.5) is 0 Å². The van der Waals surface area contributed by atoms with Crippen LogP contribution < -0.4 is 5.73 Å². The van der Waals surface area contributed by atoms with Crippen molar-refractivity contribution >= 4 is 33.3 Å². The number of rotatable bonds is 7. The van der Waals surface area contributed by atoms with E-state index in [9.17, 15) is 0 Å². The van der Waals surface area contributed by atoms with E-state index >= 15 is 0 Å². The zero-order valence-corrected chi connectivity index (χ0v) is 36.5. The second-order valence-electron chi connectivity index (χ2n) is 18.2. The van der Waals surface area contributed by atoms with Crippen molar-refractivity contribution in [3.05, 3.63) is 147 Å². The quantitative estimate of drug-likeness (QED) is 0.184. The number of H-pyrrole nitrogens is 1. The molecule has 5 heteroatoms. The molecule has 52 heavy (non-hydrogen) atoms. The first kappa shape index (κ1) is 39.0.